The van der Waals surface area contributed by atoms with Gasteiger partial charge >= 0.3 is 0 Å². The number of nitrogens with zero attached hydrogens (tertiary/aromatic N) is 1. The fraction of sp³-hybridized carbons (Fsp3) is 0.500. The van der Waals surface area contributed by atoms with Crippen LogP contribution in [0.4, 0.5) is 4.39 Å². The van der Waals surface area contributed by atoms with Crippen LogP contribution in [-0.4, -0.2) is 31.7 Å². The predicted molar refractivity (Wildman–Crippen MR) is 66.9 cm³/mol. The third-order valence-electron chi connectivity index (χ3n) is 2.58. The first-order valence-corrected chi connectivity index (χ1v) is 5.97. The summed E-state index contributed by atoms with van der Waals surface area (Å²) >= 11 is 3.19. The van der Waals surface area contributed by atoms with Crippen LogP contribution >= 0.6 is 15.9 Å². The number of methoxy groups -OCH3 is 1. The van der Waals surface area contributed by atoms with E-state index in [1.54, 1.807) is 13.2 Å². The van der Waals surface area contributed by atoms with Gasteiger partial charge in [0.2, 0.25) is 0 Å². The molecular weight excluding hydrogens is 273 g/mol. The third-order valence-corrected chi connectivity index (χ3v) is 3.18. The van der Waals surface area contributed by atoms with Crippen LogP contribution in [0.3, 0.4) is 0 Å². The molecule has 16 heavy (non-hydrogen) atoms. The lowest BCUT2D eigenvalue weighted by Crippen LogP contribution is -2.32. The van der Waals surface area contributed by atoms with Gasteiger partial charge in [-0.2, -0.15) is 0 Å². The van der Waals surface area contributed by atoms with E-state index in [9.17, 15) is 4.39 Å². The second kappa shape index (κ2) is 6.33. The van der Waals surface area contributed by atoms with Gasteiger partial charge in [-0.05, 0) is 47.6 Å². The summed E-state index contributed by atoms with van der Waals surface area (Å²) in [5.74, 6) is -0.226. The van der Waals surface area contributed by atoms with E-state index in [0.717, 1.165) is 12.1 Å². The molecule has 2 nitrogen and oxygen atoms in total. The highest BCUT2D eigenvalue weighted by atomic mass is 79.9. The van der Waals surface area contributed by atoms with Crippen LogP contribution < -0.4 is 0 Å². The molecule has 0 radical (unpaired) electrons. The van der Waals surface area contributed by atoms with Crippen LogP contribution in [0, 0.1) is 5.82 Å². The number of rotatable bonds is 5. The number of hydrogen-bond acceptors (Lipinski definition) is 2. The molecule has 1 atom stereocenters. The Morgan fingerprint density at radius 3 is 2.75 bits per heavy atom. The Kier molecular flexibility index (Phi) is 5.38. The second-order valence-electron chi connectivity index (χ2n) is 3.97. The Morgan fingerprint density at radius 2 is 2.19 bits per heavy atom. The molecule has 1 aromatic rings. The average Bonchev–Trinajstić information content (AvgIpc) is 2.24. The third kappa shape index (κ3) is 3.85. The molecule has 0 spiro atoms. The molecule has 1 rings (SSSR count). The zero-order chi connectivity index (χ0) is 12.1. The molecule has 0 N–H and O–H groups in total. The number of hydrogen-bond donors (Lipinski definition) is 0. The maximum absolute atomic E-state index is 13.0. The minimum Gasteiger partial charge on any atom is -0.383 e. The minimum atomic E-state index is -0.226. The molecule has 1 aromatic carbocycles. The molecular formula is C12H17BrFNO. The van der Waals surface area contributed by atoms with Crippen molar-refractivity contribution < 1.29 is 9.13 Å². The van der Waals surface area contributed by atoms with Crippen molar-refractivity contribution >= 4 is 15.9 Å². The Balaban J connectivity index is 2.62. The van der Waals surface area contributed by atoms with Gasteiger partial charge in [0.25, 0.3) is 0 Å². The van der Waals surface area contributed by atoms with Gasteiger partial charge in [-0.15, -0.1) is 0 Å². The van der Waals surface area contributed by atoms with Gasteiger partial charge in [0.05, 0.1) is 11.1 Å². The zero-order valence-electron chi connectivity index (χ0n) is 9.84. The van der Waals surface area contributed by atoms with E-state index in [1.807, 2.05) is 13.1 Å². The Hall–Kier alpha value is -0.450. The standard InChI is InChI=1S/C12H17BrFNO/c1-9(8-16-3)15(2)7-10-4-5-12(14)11(13)6-10/h4-6,9H,7-8H2,1-3H3. The molecule has 1 unspecified atom stereocenters. The molecule has 0 aliphatic carbocycles. The van der Waals surface area contributed by atoms with E-state index in [1.165, 1.54) is 6.07 Å². The average molecular weight is 290 g/mol. The van der Waals surface area contributed by atoms with Crippen LogP contribution in [-0.2, 0) is 11.3 Å². The highest BCUT2D eigenvalue weighted by Gasteiger charge is 2.10. The molecule has 90 valence electrons. The van der Waals surface area contributed by atoms with E-state index < -0.39 is 0 Å². The van der Waals surface area contributed by atoms with Crippen LogP contribution in [0.5, 0.6) is 0 Å². The van der Waals surface area contributed by atoms with Gasteiger partial charge in [-0.3, -0.25) is 4.90 Å². The predicted octanol–water partition coefficient (Wildman–Crippen LogP) is 3.05. The highest BCUT2D eigenvalue weighted by molar-refractivity contribution is 9.10. The van der Waals surface area contributed by atoms with Gasteiger partial charge < -0.3 is 4.74 Å². The van der Waals surface area contributed by atoms with E-state index in [2.05, 4.69) is 27.8 Å². The van der Waals surface area contributed by atoms with Gasteiger partial charge in [-0.25, -0.2) is 4.39 Å². The summed E-state index contributed by atoms with van der Waals surface area (Å²) in [5, 5.41) is 0. The van der Waals surface area contributed by atoms with E-state index in [0.29, 0.717) is 17.1 Å². The molecule has 0 fully saturated rings. The summed E-state index contributed by atoms with van der Waals surface area (Å²) < 4.78 is 18.6. The molecule has 0 aromatic heterocycles. The Morgan fingerprint density at radius 1 is 1.50 bits per heavy atom. The molecule has 4 heteroatoms. The summed E-state index contributed by atoms with van der Waals surface area (Å²) in [4.78, 5) is 2.17. The fourth-order valence-electron chi connectivity index (χ4n) is 1.45. The van der Waals surface area contributed by atoms with Gasteiger partial charge in [-0.1, -0.05) is 6.07 Å². The normalized spacial score (nSPS) is 13.1. The molecule has 0 aliphatic heterocycles. The van der Waals surface area contributed by atoms with Crippen molar-refractivity contribution in [2.24, 2.45) is 0 Å². The van der Waals surface area contributed by atoms with E-state index in [4.69, 9.17) is 4.74 Å². The maximum atomic E-state index is 13.0. The molecule has 0 aliphatic rings. The lowest BCUT2D eigenvalue weighted by atomic mass is 10.2. The summed E-state index contributed by atoms with van der Waals surface area (Å²) in [6, 6.07) is 5.43. The Labute approximate surface area is 105 Å². The monoisotopic (exact) mass is 289 g/mol. The molecule has 0 amide bonds. The lowest BCUT2D eigenvalue weighted by molar-refractivity contribution is 0.112. The first kappa shape index (κ1) is 13.6. The number of halogens is 2. The van der Waals surface area contributed by atoms with Gasteiger partial charge in [0.1, 0.15) is 5.82 Å². The summed E-state index contributed by atoms with van der Waals surface area (Å²) in [7, 11) is 3.72. The smallest absolute Gasteiger partial charge is 0.137 e. The van der Waals surface area contributed by atoms with Crippen molar-refractivity contribution in [3.8, 4) is 0 Å². The van der Waals surface area contributed by atoms with Crippen molar-refractivity contribution in [3.63, 3.8) is 0 Å². The summed E-state index contributed by atoms with van der Waals surface area (Å²) in [6.45, 7) is 3.57. The van der Waals surface area contributed by atoms with Crippen LogP contribution in [0.25, 0.3) is 0 Å². The summed E-state index contributed by atoms with van der Waals surface area (Å²) in [5.41, 5.74) is 1.08. The Bertz CT molecular complexity index is 346. The van der Waals surface area contributed by atoms with Gasteiger partial charge in [0, 0.05) is 19.7 Å². The lowest BCUT2D eigenvalue weighted by Gasteiger charge is -2.24. The molecule has 0 bridgehead atoms. The second-order valence-corrected chi connectivity index (χ2v) is 4.82. The summed E-state index contributed by atoms with van der Waals surface area (Å²) in [6.07, 6.45) is 0. The number of ether oxygens (including phenoxy) is 1. The molecule has 0 saturated heterocycles. The van der Waals surface area contributed by atoms with Crippen molar-refractivity contribution in [2.45, 2.75) is 19.5 Å². The topological polar surface area (TPSA) is 12.5 Å². The van der Waals surface area contributed by atoms with Crippen LogP contribution in [0.15, 0.2) is 22.7 Å². The van der Waals surface area contributed by atoms with Gasteiger partial charge in [0.15, 0.2) is 0 Å². The number of likely N-dealkylation sites (N-methyl/N-ethyl adjacent to an activating group) is 1. The van der Waals surface area contributed by atoms with Crippen molar-refractivity contribution in [3.05, 3.63) is 34.1 Å². The van der Waals surface area contributed by atoms with Crippen molar-refractivity contribution in [1.29, 1.82) is 0 Å². The van der Waals surface area contributed by atoms with Crippen LogP contribution in [0.1, 0.15) is 12.5 Å². The minimum absolute atomic E-state index is 0.226. The maximum Gasteiger partial charge on any atom is 0.137 e. The largest absolute Gasteiger partial charge is 0.383 e. The van der Waals surface area contributed by atoms with Crippen molar-refractivity contribution in [1.82, 2.24) is 4.90 Å². The SMILES string of the molecule is COCC(C)N(C)Cc1ccc(F)c(Br)c1. The van der Waals surface area contributed by atoms with E-state index in [-0.39, 0.29) is 5.82 Å². The first-order chi connectivity index (χ1) is 7.54. The quantitative estimate of drug-likeness (QED) is 0.826. The molecule has 0 heterocycles. The zero-order valence-corrected chi connectivity index (χ0v) is 11.4. The number of benzene rings is 1. The highest BCUT2D eigenvalue weighted by Crippen LogP contribution is 2.18. The van der Waals surface area contributed by atoms with Crippen LogP contribution in [0.2, 0.25) is 0 Å². The molecule has 0 saturated carbocycles. The van der Waals surface area contributed by atoms with Crippen molar-refractivity contribution in [2.75, 3.05) is 20.8 Å². The fourth-order valence-corrected chi connectivity index (χ4v) is 1.88. The first-order valence-electron chi connectivity index (χ1n) is 5.17. The van der Waals surface area contributed by atoms with E-state index >= 15 is 0 Å².